The van der Waals surface area contributed by atoms with Gasteiger partial charge in [0.2, 0.25) is 0 Å². The summed E-state index contributed by atoms with van der Waals surface area (Å²) in [4.78, 5) is 16.3. The number of aromatic nitrogens is 2. The van der Waals surface area contributed by atoms with Crippen molar-refractivity contribution in [1.82, 2.24) is 15.0 Å². The third kappa shape index (κ3) is 5.38. The van der Waals surface area contributed by atoms with Gasteiger partial charge >= 0.3 is 12.4 Å². The van der Waals surface area contributed by atoms with Crippen molar-refractivity contribution in [3.63, 3.8) is 0 Å². The predicted octanol–water partition coefficient (Wildman–Crippen LogP) is 7.71. The summed E-state index contributed by atoms with van der Waals surface area (Å²) in [6, 6.07) is 15.0. The van der Waals surface area contributed by atoms with Crippen LogP contribution in [0.3, 0.4) is 0 Å². The molecule has 1 amide bonds. The number of halogens is 6. The fraction of sp³-hybridized carbons (Fsp3) is 0.222. The average molecular weight is 563 g/mol. The second kappa shape index (κ2) is 10.1. The molecule has 0 fully saturated rings. The Balaban J connectivity index is 1.62. The van der Waals surface area contributed by atoms with E-state index in [9.17, 15) is 31.1 Å². The van der Waals surface area contributed by atoms with Gasteiger partial charge in [-0.15, -0.1) is 0 Å². The lowest BCUT2D eigenvalue weighted by Gasteiger charge is -2.23. The van der Waals surface area contributed by atoms with Gasteiger partial charge in [0.25, 0.3) is 5.24 Å². The van der Waals surface area contributed by atoms with Crippen LogP contribution in [0.1, 0.15) is 35.1 Å². The zero-order valence-corrected chi connectivity index (χ0v) is 21.1. The van der Waals surface area contributed by atoms with Gasteiger partial charge in [0.05, 0.1) is 33.8 Å². The fourth-order valence-corrected chi connectivity index (χ4v) is 5.23. The Hall–Kier alpha value is -3.80. The molecular formula is C27H20F6N4OS. The van der Waals surface area contributed by atoms with Crippen LogP contribution in [0.4, 0.5) is 31.1 Å². The van der Waals surface area contributed by atoms with Crippen molar-refractivity contribution in [3.8, 4) is 11.4 Å². The number of alkyl halides is 6. The molecular weight excluding hydrogens is 542 g/mol. The van der Waals surface area contributed by atoms with Gasteiger partial charge in [-0.25, -0.2) is 10.4 Å². The maximum absolute atomic E-state index is 13.3. The van der Waals surface area contributed by atoms with E-state index in [0.29, 0.717) is 45.8 Å². The molecule has 1 aliphatic rings. The number of hydrogen-bond donors (Lipinski definition) is 1. The summed E-state index contributed by atoms with van der Waals surface area (Å²) in [5.74, 6) is 0.00210. The van der Waals surface area contributed by atoms with Crippen LogP contribution in [-0.4, -0.2) is 26.3 Å². The first-order valence-corrected chi connectivity index (χ1v) is 12.8. The summed E-state index contributed by atoms with van der Waals surface area (Å²) in [5, 5.41) is 3.84. The smallest absolute Gasteiger partial charge is 0.324 e. The van der Waals surface area contributed by atoms with Crippen LogP contribution in [0.2, 0.25) is 0 Å². The van der Waals surface area contributed by atoms with Crippen LogP contribution in [-0.2, 0) is 18.9 Å². The number of aryl methyl sites for hydroxylation is 1. The van der Waals surface area contributed by atoms with Gasteiger partial charge in [0.1, 0.15) is 5.82 Å². The number of rotatable bonds is 5. The molecule has 1 aliphatic heterocycles. The minimum Gasteiger partial charge on any atom is -0.324 e. The van der Waals surface area contributed by atoms with Gasteiger partial charge in [-0.2, -0.15) is 31.4 Å². The SMILES string of the molecule is CCn1c(-c2cccc(C(F)(F)F)c2)nc2cc(C(C3=NNC(=O)SC3)c3ccc(C(F)(F)F)cc3)ccc21. The van der Waals surface area contributed by atoms with Crippen LogP contribution < -0.4 is 5.43 Å². The zero-order valence-electron chi connectivity index (χ0n) is 20.3. The summed E-state index contributed by atoms with van der Waals surface area (Å²) in [6.45, 7) is 2.30. The number of hydrogen-bond acceptors (Lipinski definition) is 4. The molecule has 0 spiro atoms. The highest BCUT2D eigenvalue weighted by molar-refractivity contribution is 8.14. The van der Waals surface area contributed by atoms with Crippen molar-refractivity contribution in [2.75, 3.05) is 5.75 Å². The summed E-state index contributed by atoms with van der Waals surface area (Å²) >= 11 is 0.993. The van der Waals surface area contributed by atoms with Crippen LogP contribution in [0.15, 0.2) is 71.8 Å². The molecule has 3 aromatic carbocycles. The first-order chi connectivity index (χ1) is 18.5. The van der Waals surface area contributed by atoms with Gasteiger partial charge < -0.3 is 4.57 Å². The normalized spacial score (nSPS) is 15.3. The highest BCUT2D eigenvalue weighted by atomic mass is 32.2. The van der Waals surface area contributed by atoms with Crippen molar-refractivity contribution in [1.29, 1.82) is 0 Å². The van der Waals surface area contributed by atoms with E-state index in [0.717, 1.165) is 36.0 Å². The first-order valence-electron chi connectivity index (χ1n) is 11.8. The third-order valence-corrected chi connectivity index (χ3v) is 7.21. The molecule has 2 heterocycles. The Labute approximate surface area is 222 Å². The summed E-state index contributed by atoms with van der Waals surface area (Å²) in [6.07, 6.45) is -9.00. The molecule has 0 bridgehead atoms. The van der Waals surface area contributed by atoms with Crippen LogP contribution >= 0.6 is 11.8 Å². The molecule has 1 aromatic heterocycles. The number of nitrogens with one attached hydrogen (secondary N) is 1. The van der Waals surface area contributed by atoms with Gasteiger partial charge in [-0.05, 0) is 54.4 Å². The maximum Gasteiger partial charge on any atom is 0.416 e. The highest BCUT2D eigenvalue weighted by Crippen LogP contribution is 2.36. The fourth-order valence-electron chi connectivity index (χ4n) is 4.61. The van der Waals surface area contributed by atoms with Crippen LogP contribution in [0, 0.1) is 0 Å². The van der Waals surface area contributed by atoms with E-state index >= 15 is 0 Å². The van der Waals surface area contributed by atoms with Crippen molar-refractivity contribution >= 4 is 33.7 Å². The molecule has 1 atom stereocenters. The number of carbonyl (C=O) groups is 1. The van der Waals surface area contributed by atoms with Gasteiger partial charge in [0.15, 0.2) is 0 Å². The van der Waals surface area contributed by atoms with Crippen molar-refractivity contribution in [2.45, 2.75) is 31.7 Å². The standard InChI is InChI=1S/C27H20F6N4OS/c1-2-37-22-11-8-16(13-20(22)34-24(37)17-4-3-5-19(12-17)27(31,32)33)23(21-14-39-25(38)36-35-21)15-6-9-18(10-7-15)26(28,29)30/h3-13,23H,2,14H2,1H3,(H,36,38). The number of imidazole rings is 1. The largest absolute Gasteiger partial charge is 0.416 e. The molecule has 4 aromatic rings. The van der Waals surface area contributed by atoms with Crippen LogP contribution in [0.25, 0.3) is 22.4 Å². The number of fused-ring (bicyclic) bond motifs is 1. The summed E-state index contributed by atoms with van der Waals surface area (Å²) < 4.78 is 81.3. The molecule has 0 aliphatic carbocycles. The molecule has 0 saturated heterocycles. The first kappa shape index (κ1) is 26.8. The molecule has 1 unspecified atom stereocenters. The Morgan fingerprint density at radius 2 is 1.62 bits per heavy atom. The Morgan fingerprint density at radius 1 is 0.923 bits per heavy atom. The molecule has 39 heavy (non-hydrogen) atoms. The number of thioether (sulfide) groups is 1. The molecule has 202 valence electrons. The topological polar surface area (TPSA) is 59.3 Å². The number of amides is 1. The quantitative estimate of drug-likeness (QED) is 0.254. The Bertz CT molecular complexity index is 1570. The average Bonchev–Trinajstić information content (AvgIpc) is 3.27. The maximum atomic E-state index is 13.3. The van der Waals surface area contributed by atoms with E-state index in [1.54, 1.807) is 28.8 Å². The molecule has 12 heteroatoms. The van der Waals surface area contributed by atoms with Gasteiger partial charge in [-0.3, -0.25) is 4.79 Å². The monoisotopic (exact) mass is 562 g/mol. The lowest BCUT2D eigenvalue weighted by atomic mass is 9.87. The van der Waals surface area contributed by atoms with E-state index in [4.69, 9.17) is 0 Å². The molecule has 0 saturated carbocycles. The minimum atomic E-state index is -4.50. The van der Waals surface area contributed by atoms with Gasteiger partial charge in [-0.1, -0.05) is 42.1 Å². The second-order valence-corrected chi connectivity index (χ2v) is 9.80. The Morgan fingerprint density at radius 3 is 2.23 bits per heavy atom. The third-order valence-electron chi connectivity index (χ3n) is 6.42. The number of carbonyl (C=O) groups excluding carboxylic acids is 1. The van der Waals surface area contributed by atoms with Crippen LogP contribution in [0.5, 0.6) is 0 Å². The minimum absolute atomic E-state index is 0.231. The summed E-state index contributed by atoms with van der Waals surface area (Å²) in [5.41, 5.74) is 4.06. The van der Waals surface area contributed by atoms with E-state index in [-0.39, 0.29) is 11.0 Å². The van der Waals surface area contributed by atoms with E-state index in [1.807, 2.05) is 6.92 Å². The van der Waals surface area contributed by atoms with Crippen molar-refractivity contribution < 1.29 is 31.1 Å². The number of hydrazone groups is 1. The number of nitrogens with zero attached hydrogens (tertiary/aromatic N) is 3. The van der Waals surface area contributed by atoms with E-state index < -0.39 is 29.4 Å². The molecule has 5 rings (SSSR count). The molecule has 0 radical (unpaired) electrons. The zero-order chi connectivity index (χ0) is 27.9. The van der Waals surface area contributed by atoms with Crippen molar-refractivity contribution in [3.05, 3.63) is 89.0 Å². The van der Waals surface area contributed by atoms with E-state index in [2.05, 4.69) is 15.5 Å². The second-order valence-electron chi connectivity index (χ2n) is 8.85. The Kier molecular flexibility index (Phi) is 6.91. The highest BCUT2D eigenvalue weighted by Gasteiger charge is 2.32. The molecule has 5 nitrogen and oxygen atoms in total. The predicted molar refractivity (Wildman–Crippen MR) is 138 cm³/mol. The lowest BCUT2D eigenvalue weighted by molar-refractivity contribution is -0.138. The van der Waals surface area contributed by atoms with E-state index in [1.165, 1.54) is 18.2 Å². The summed E-state index contributed by atoms with van der Waals surface area (Å²) in [7, 11) is 0. The molecule has 1 N–H and O–H groups in total. The number of benzene rings is 3. The lowest BCUT2D eigenvalue weighted by Crippen LogP contribution is -2.28. The van der Waals surface area contributed by atoms with Gasteiger partial charge in [0, 0.05) is 17.9 Å². The van der Waals surface area contributed by atoms with Crippen molar-refractivity contribution in [2.24, 2.45) is 5.10 Å².